The van der Waals surface area contributed by atoms with Gasteiger partial charge in [0.1, 0.15) is 11.5 Å². The molecule has 0 unspecified atom stereocenters. The fraction of sp³-hybridized carbons (Fsp3) is 0.222. The number of nitrogens with zero attached hydrogens (tertiary/aromatic N) is 4. The molecule has 0 saturated carbocycles. The lowest BCUT2D eigenvalue weighted by Gasteiger charge is -2.23. The molecule has 0 radical (unpaired) electrons. The largest absolute Gasteiger partial charge is 0.457 e. The van der Waals surface area contributed by atoms with Crippen molar-refractivity contribution in [2.45, 2.75) is 25.4 Å². The molecule has 1 saturated heterocycles. The molecule has 39 heavy (non-hydrogen) atoms. The van der Waals surface area contributed by atoms with Gasteiger partial charge in [0.2, 0.25) is 17.6 Å². The van der Waals surface area contributed by atoms with Crippen LogP contribution < -0.4 is 20.9 Å². The second-order valence-electron chi connectivity index (χ2n) is 8.82. The lowest BCUT2D eigenvalue weighted by Crippen LogP contribution is -2.43. The van der Waals surface area contributed by atoms with E-state index in [9.17, 15) is 14.0 Å². The number of benzene rings is 2. The van der Waals surface area contributed by atoms with E-state index in [1.54, 1.807) is 54.6 Å². The summed E-state index contributed by atoms with van der Waals surface area (Å²) in [7, 11) is 0. The maximum Gasteiger partial charge on any atom is 0.287 e. The maximum absolute atomic E-state index is 13.5. The van der Waals surface area contributed by atoms with Crippen LogP contribution in [0.25, 0.3) is 0 Å². The van der Waals surface area contributed by atoms with Crippen molar-refractivity contribution in [3.63, 3.8) is 0 Å². The number of carbonyl (C=O) groups is 1. The number of rotatable bonds is 8. The van der Waals surface area contributed by atoms with E-state index in [2.05, 4.69) is 25.8 Å². The van der Waals surface area contributed by atoms with Gasteiger partial charge >= 0.3 is 0 Å². The average Bonchev–Trinajstić information content (AvgIpc) is 2.93. The first-order valence-electron chi connectivity index (χ1n) is 12.2. The first-order valence-corrected chi connectivity index (χ1v) is 12.6. The van der Waals surface area contributed by atoms with Gasteiger partial charge in [-0.3, -0.25) is 14.2 Å². The van der Waals surface area contributed by atoms with E-state index in [1.165, 1.54) is 16.8 Å². The monoisotopic (exact) mass is 550 g/mol. The number of halogens is 2. The van der Waals surface area contributed by atoms with E-state index in [1.807, 2.05) is 0 Å². The van der Waals surface area contributed by atoms with Gasteiger partial charge in [-0.25, -0.2) is 4.98 Å². The van der Waals surface area contributed by atoms with Crippen LogP contribution in [0.1, 0.15) is 28.9 Å². The lowest BCUT2D eigenvalue weighted by molar-refractivity contribution is 0.0692. The zero-order valence-electron chi connectivity index (χ0n) is 20.6. The van der Waals surface area contributed by atoms with Crippen LogP contribution in [0.2, 0.25) is 5.02 Å². The van der Waals surface area contributed by atoms with Gasteiger partial charge in [0.25, 0.3) is 11.5 Å². The molecule has 0 aliphatic carbocycles. The normalized spacial score (nSPS) is 13.6. The summed E-state index contributed by atoms with van der Waals surface area (Å²) in [5.74, 6) is -0.309. The van der Waals surface area contributed by atoms with E-state index < -0.39 is 17.4 Å². The smallest absolute Gasteiger partial charge is 0.287 e. The molecule has 2 N–H and O–H groups in total. The minimum absolute atomic E-state index is 0.0978. The summed E-state index contributed by atoms with van der Waals surface area (Å²) in [4.78, 5) is 29.9. The van der Waals surface area contributed by atoms with Crippen molar-refractivity contribution in [2.75, 3.05) is 18.5 Å². The Morgan fingerprint density at radius 1 is 1.05 bits per heavy atom. The minimum Gasteiger partial charge on any atom is -0.457 e. The summed E-state index contributed by atoms with van der Waals surface area (Å²) in [5.41, 5.74) is 0.476. The van der Waals surface area contributed by atoms with E-state index in [0.29, 0.717) is 48.3 Å². The number of aromatic nitrogens is 4. The summed E-state index contributed by atoms with van der Waals surface area (Å²) in [6.45, 7) is 1.22. The van der Waals surface area contributed by atoms with Crippen molar-refractivity contribution in [1.29, 1.82) is 0 Å². The highest BCUT2D eigenvalue weighted by Gasteiger charge is 2.23. The minimum atomic E-state index is -0.645. The zero-order valence-corrected chi connectivity index (χ0v) is 21.4. The van der Waals surface area contributed by atoms with Gasteiger partial charge < -0.3 is 20.1 Å². The molecule has 1 aliphatic rings. The highest BCUT2D eigenvalue weighted by Crippen LogP contribution is 2.24. The fourth-order valence-corrected chi connectivity index (χ4v) is 4.11. The Balaban J connectivity index is 1.39. The Bertz CT molecular complexity index is 1510. The molecule has 0 bridgehead atoms. The van der Waals surface area contributed by atoms with Gasteiger partial charge in [-0.15, -0.1) is 10.2 Å². The second kappa shape index (κ2) is 12.0. The Morgan fingerprint density at radius 3 is 2.51 bits per heavy atom. The van der Waals surface area contributed by atoms with Crippen LogP contribution in [-0.2, 0) is 11.3 Å². The number of amides is 1. The molecule has 1 amide bonds. The molecule has 0 atom stereocenters. The first-order chi connectivity index (χ1) is 18.9. The van der Waals surface area contributed by atoms with Crippen LogP contribution in [0.3, 0.4) is 0 Å². The third-order valence-corrected chi connectivity index (χ3v) is 6.27. The summed E-state index contributed by atoms with van der Waals surface area (Å²) >= 11 is 6.02. The molecule has 2 aromatic carbocycles. The SMILES string of the molecule is O=C(NC1CCOCC1)c1nnc(Nc2ccc(Oc3ccnc(F)c3)cc2)n(Cc2ccc(Cl)cc2)c1=O. The third kappa shape index (κ3) is 6.75. The number of pyridine rings is 1. The summed E-state index contributed by atoms with van der Waals surface area (Å²) < 4.78 is 25.7. The van der Waals surface area contributed by atoms with Crippen LogP contribution in [0, 0.1) is 5.95 Å². The van der Waals surface area contributed by atoms with Gasteiger partial charge in [-0.05, 0) is 60.9 Å². The summed E-state index contributed by atoms with van der Waals surface area (Å²) in [6.07, 6.45) is 2.63. The van der Waals surface area contributed by atoms with Crippen LogP contribution in [0.4, 0.5) is 16.0 Å². The van der Waals surface area contributed by atoms with E-state index >= 15 is 0 Å². The molecule has 1 aliphatic heterocycles. The lowest BCUT2D eigenvalue weighted by atomic mass is 10.1. The Kier molecular flexibility index (Phi) is 8.09. The highest BCUT2D eigenvalue weighted by atomic mass is 35.5. The van der Waals surface area contributed by atoms with Crippen LogP contribution in [0.5, 0.6) is 11.5 Å². The molecular formula is C27H24ClFN6O4. The van der Waals surface area contributed by atoms with Crippen molar-refractivity contribution in [3.8, 4) is 11.5 Å². The van der Waals surface area contributed by atoms with Crippen molar-refractivity contribution >= 4 is 29.1 Å². The van der Waals surface area contributed by atoms with Gasteiger partial charge in [0, 0.05) is 42.2 Å². The topological polar surface area (TPSA) is 120 Å². The number of hydrogen-bond acceptors (Lipinski definition) is 8. The number of ether oxygens (including phenoxy) is 2. The molecule has 12 heteroatoms. The Hall–Kier alpha value is -4.35. The number of anilines is 2. The molecule has 3 heterocycles. The van der Waals surface area contributed by atoms with Crippen LogP contribution in [0.15, 0.2) is 71.7 Å². The van der Waals surface area contributed by atoms with E-state index in [0.717, 1.165) is 5.56 Å². The van der Waals surface area contributed by atoms with Crippen LogP contribution >= 0.6 is 11.6 Å². The van der Waals surface area contributed by atoms with Gasteiger partial charge in [-0.2, -0.15) is 4.39 Å². The summed E-state index contributed by atoms with van der Waals surface area (Å²) in [6, 6.07) is 16.4. The molecular weight excluding hydrogens is 527 g/mol. The number of carbonyl (C=O) groups excluding carboxylic acids is 1. The maximum atomic E-state index is 13.5. The quantitative estimate of drug-likeness (QED) is 0.311. The first kappa shape index (κ1) is 26.3. The van der Waals surface area contributed by atoms with Gasteiger partial charge in [0.05, 0.1) is 6.54 Å². The van der Waals surface area contributed by atoms with Crippen molar-refractivity contribution < 1.29 is 18.7 Å². The van der Waals surface area contributed by atoms with Crippen LogP contribution in [-0.4, -0.2) is 44.9 Å². The molecule has 10 nitrogen and oxygen atoms in total. The second-order valence-corrected chi connectivity index (χ2v) is 9.25. The van der Waals surface area contributed by atoms with E-state index in [4.69, 9.17) is 21.1 Å². The van der Waals surface area contributed by atoms with Gasteiger partial charge in [0.15, 0.2) is 0 Å². The predicted octanol–water partition coefficient (Wildman–Crippen LogP) is 4.32. The number of hydrogen-bond donors (Lipinski definition) is 2. The molecule has 0 spiro atoms. The number of nitrogens with one attached hydrogen (secondary N) is 2. The standard InChI is InChI=1S/C27H24ClFN6O4/c28-18-3-1-17(2-4-18)16-35-26(37)24(25(36)31-20-10-13-38-14-11-20)33-34-27(35)32-19-5-7-21(8-6-19)39-22-9-12-30-23(29)15-22/h1-9,12,15,20H,10-11,13-14,16H2,(H,31,36)(H,32,34). The molecule has 2 aromatic heterocycles. The highest BCUT2D eigenvalue weighted by molar-refractivity contribution is 6.30. The fourth-order valence-electron chi connectivity index (χ4n) is 3.99. The average molecular weight is 551 g/mol. The van der Waals surface area contributed by atoms with Crippen molar-refractivity contribution in [3.05, 3.63) is 99.4 Å². The molecule has 4 aromatic rings. The van der Waals surface area contributed by atoms with E-state index in [-0.39, 0.29) is 24.2 Å². The Labute approximate surface area is 227 Å². The molecule has 5 rings (SSSR count). The van der Waals surface area contributed by atoms with Gasteiger partial charge in [-0.1, -0.05) is 23.7 Å². The zero-order chi connectivity index (χ0) is 27.2. The predicted molar refractivity (Wildman–Crippen MR) is 142 cm³/mol. The third-order valence-electron chi connectivity index (χ3n) is 6.02. The van der Waals surface area contributed by atoms with Crippen molar-refractivity contribution in [1.82, 2.24) is 25.1 Å². The Morgan fingerprint density at radius 2 is 1.79 bits per heavy atom. The molecule has 1 fully saturated rings. The molecule has 200 valence electrons. The van der Waals surface area contributed by atoms with Crippen molar-refractivity contribution in [2.24, 2.45) is 0 Å². The summed E-state index contributed by atoms with van der Waals surface area (Å²) in [5, 5.41) is 14.6.